The van der Waals surface area contributed by atoms with Gasteiger partial charge in [-0.15, -0.1) is 0 Å². The molecule has 2 aromatic rings. The summed E-state index contributed by atoms with van der Waals surface area (Å²) in [5.74, 6) is -1.31. The van der Waals surface area contributed by atoms with Crippen LogP contribution >= 0.6 is 0 Å². The Bertz CT molecular complexity index is 854. The molecule has 160 valence electrons. The molecule has 2 aromatic carbocycles. The molecule has 7 nitrogen and oxygen atoms in total. The number of nitrogens with zero attached hydrogens (tertiary/aromatic N) is 1. The van der Waals surface area contributed by atoms with Gasteiger partial charge in [-0.2, -0.15) is 5.10 Å². The van der Waals surface area contributed by atoms with Crippen molar-refractivity contribution in [3.05, 3.63) is 65.5 Å². The summed E-state index contributed by atoms with van der Waals surface area (Å²) in [4.78, 5) is 23.4. The minimum atomic E-state index is -0.847. The summed E-state index contributed by atoms with van der Waals surface area (Å²) in [5, 5.41) is 6.29. The van der Waals surface area contributed by atoms with Gasteiger partial charge in [0.05, 0.1) is 12.3 Å². The molecule has 0 aliphatic carbocycles. The summed E-state index contributed by atoms with van der Waals surface area (Å²) < 4.78 is 24.0. The Kier molecular flexibility index (Phi) is 9.47. The maximum absolute atomic E-state index is 12.9. The van der Waals surface area contributed by atoms with E-state index in [1.165, 1.54) is 18.3 Å². The summed E-state index contributed by atoms with van der Waals surface area (Å²) in [6, 6.07) is 13.1. The molecule has 2 amide bonds. The second-order valence-corrected chi connectivity index (χ2v) is 6.72. The second kappa shape index (κ2) is 12.3. The smallest absolute Gasteiger partial charge is 0.329 e. The molecule has 8 heteroatoms. The third-order valence-corrected chi connectivity index (χ3v) is 3.82. The fraction of sp³-hybridized carbons (Fsp3) is 0.318. The van der Waals surface area contributed by atoms with Gasteiger partial charge in [-0.1, -0.05) is 24.3 Å². The first-order chi connectivity index (χ1) is 14.4. The third-order valence-electron chi connectivity index (χ3n) is 3.82. The van der Waals surface area contributed by atoms with Gasteiger partial charge in [0.15, 0.2) is 0 Å². The van der Waals surface area contributed by atoms with Crippen molar-refractivity contribution in [3.8, 4) is 5.75 Å². The number of hydrazone groups is 1. The van der Waals surface area contributed by atoms with Crippen LogP contribution in [0.1, 0.15) is 31.4 Å². The molecule has 0 aliphatic heterocycles. The fourth-order valence-corrected chi connectivity index (χ4v) is 2.32. The number of rotatable bonds is 10. The number of nitrogens with one attached hydrogen (secondary N) is 2. The van der Waals surface area contributed by atoms with E-state index in [9.17, 15) is 14.0 Å². The van der Waals surface area contributed by atoms with Crippen molar-refractivity contribution in [1.29, 1.82) is 0 Å². The number of halogens is 1. The number of amides is 2. The Labute approximate surface area is 175 Å². The number of hydrogen-bond donors (Lipinski definition) is 2. The van der Waals surface area contributed by atoms with E-state index in [2.05, 4.69) is 15.8 Å². The Morgan fingerprint density at radius 3 is 2.63 bits per heavy atom. The average molecular weight is 415 g/mol. The van der Waals surface area contributed by atoms with Crippen LogP contribution in [-0.2, 0) is 20.9 Å². The fourth-order valence-electron chi connectivity index (χ4n) is 2.32. The number of carbonyl (C=O) groups is 2. The van der Waals surface area contributed by atoms with E-state index in [0.29, 0.717) is 37.5 Å². The molecule has 0 saturated heterocycles. The molecule has 0 fully saturated rings. The molecule has 0 radical (unpaired) electrons. The predicted octanol–water partition coefficient (Wildman–Crippen LogP) is 2.79. The maximum atomic E-state index is 12.9. The normalized spacial score (nSPS) is 10.9. The lowest BCUT2D eigenvalue weighted by molar-refractivity contribution is -0.139. The number of ether oxygens (including phenoxy) is 2. The molecule has 0 heterocycles. The van der Waals surface area contributed by atoms with E-state index in [-0.39, 0.29) is 11.9 Å². The zero-order chi connectivity index (χ0) is 21.8. The first kappa shape index (κ1) is 23.0. The van der Waals surface area contributed by atoms with Crippen LogP contribution < -0.4 is 15.5 Å². The highest BCUT2D eigenvalue weighted by Crippen LogP contribution is 2.14. The zero-order valence-electron chi connectivity index (χ0n) is 17.1. The second-order valence-electron chi connectivity index (χ2n) is 6.72. The summed E-state index contributed by atoms with van der Waals surface area (Å²) in [6.07, 6.45) is 2.16. The first-order valence-electron chi connectivity index (χ1n) is 9.64. The Morgan fingerprint density at radius 1 is 1.13 bits per heavy atom. The van der Waals surface area contributed by atoms with Gasteiger partial charge >= 0.3 is 11.8 Å². The Balaban J connectivity index is 1.74. The van der Waals surface area contributed by atoms with Crippen molar-refractivity contribution in [2.45, 2.75) is 33.0 Å². The molecule has 0 bridgehead atoms. The molecule has 30 heavy (non-hydrogen) atoms. The molecular weight excluding hydrogens is 389 g/mol. The van der Waals surface area contributed by atoms with E-state index < -0.39 is 11.8 Å². The van der Waals surface area contributed by atoms with Crippen LogP contribution in [-0.4, -0.2) is 37.3 Å². The van der Waals surface area contributed by atoms with E-state index in [0.717, 1.165) is 5.56 Å². The number of hydrogen-bond acceptors (Lipinski definition) is 5. The SMILES string of the molecule is CC(C)OCCCNC(=O)C(=O)N/N=C\c1cccc(OCc2ccc(F)cc2)c1. The van der Waals surface area contributed by atoms with Crippen molar-refractivity contribution < 1.29 is 23.5 Å². The lowest BCUT2D eigenvalue weighted by Gasteiger charge is -2.08. The van der Waals surface area contributed by atoms with Gasteiger partial charge in [0.2, 0.25) is 0 Å². The minimum absolute atomic E-state index is 0.130. The molecule has 0 atom stereocenters. The molecule has 2 rings (SSSR count). The van der Waals surface area contributed by atoms with Gasteiger partial charge in [0.25, 0.3) is 0 Å². The van der Waals surface area contributed by atoms with Crippen molar-refractivity contribution in [2.24, 2.45) is 5.10 Å². The molecule has 0 unspecified atom stereocenters. The van der Waals surface area contributed by atoms with E-state index >= 15 is 0 Å². The quantitative estimate of drug-likeness (QED) is 0.270. The summed E-state index contributed by atoms with van der Waals surface area (Å²) in [6.45, 7) is 5.00. The van der Waals surface area contributed by atoms with Crippen LogP contribution in [0.15, 0.2) is 53.6 Å². The van der Waals surface area contributed by atoms with Gasteiger partial charge in [-0.3, -0.25) is 9.59 Å². The van der Waals surface area contributed by atoms with Crippen molar-refractivity contribution >= 4 is 18.0 Å². The van der Waals surface area contributed by atoms with Crippen LogP contribution in [0, 0.1) is 5.82 Å². The van der Waals surface area contributed by atoms with E-state index in [1.807, 2.05) is 13.8 Å². The van der Waals surface area contributed by atoms with Crippen molar-refractivity contribution in [2.75, 3.05) is 13.2 Å². The Hall–Kier alpha value is -3.26. The third kappa shape index (κ3) is 8.83. The summed E-state index contributed by atoms with van der Waals surface area (Å²) in [7, 11) is 0. The highest BCUT2D eigenvalue weighted by molar-refractivity contribution is 6.35. The van der Waals surface area contributed by atoms with Crippen LogP contribution in [0.4, 0.5) is 4.39 Å². The molecule has 2 N–H and O–H groups in total. The van der Waals surface area contributed by atoms with Crippen LogP contribution in [0.5, 0.6) is 5.75 Å². The zero-order valence-corrected chi connectivity index (χ0v) is 17.1. The van der Waals surface area contributed by atoms with Gasteiger partial charge in [0.1, 0.15) is 18.2 Å². The molecule has 0 aliphatic rings. The van der Waals surface area contributed by atoms with Crippen LogP contribution in [0.2, 0.25) is 0 Å². The van der Waals surface area contributed by atoms with Gasteiger partial charge in [-0.05, 0) is 55.7 Å². The van der Waals surface area contributed by atoms with Crippen molar-refractivity contribution in [3.63, 3.8) is 0 Å². The van der Waals surface area contributed by atoms with E-state index in [1.54, 1.807) is 36.4 Å². The van der Waals surface area contributed by atoms with Gasteiger partial charge in [-0.25, -0.2) is 9.82 Å². The highest BCUT2D eigenvalue weighted by atomic mass is 19.1. The van der Waals surface area contributed by atoms with Crippen LogP contribution in [0.25, 0.3) is 0 Å². The highest BCUT2D eigenvalue weighted by Gasteiger charge is 2.11. The molecule has 0 aromatic heterocycles. The summed E-state index contributed by atoms with van der Waals surface area (Å²) in [5.41, 5.74) is 3.70. The lowest BCUT2D eigenvalue weighted by Crippen LogP contribution is -2.38. The molecule has 0 spiro atoms. The minimum Gasteiger partial charge on any atom is -0.489 e. The Morgan fingerprint density at radius 2 is 1.90 bits per heavy atom. The predicted molar refractivity (Wildman–Crippen MR) is 112 cm³/mol. The topological polar surface area (TPSA) is 89.0 Å². The molecular formula is C22H26FN3O4. The van der Waals surface area contributed by atoms with E-state index in [4.69, 9.17) is 9.47 Å². The average Bonchev–Trinajstić information content (AvgIpc) is 2.73. The van der Waals surface area contributed by atoms with Crippen LogP contribution in [0.3, 0.4) is 0 Å². The maximum Gasteiger partial charge on any atom is 0.329 e. The van der Waals surface area contributed by atoms with Crippen molar-refractivity contribution in [1.82, 2.24) is 10.7 Å². The molecule has 0 saturated carbocycles. The van der Waals surface area contributed by atoms with Gasteiger partial charge < -0.3 is 14.8 Å². The largest absolute Gasteiger partial charge is 0.489 e. The number of carbonyl (C=O) groups excluding carboxylic acids is 2. The summed E-state index contributed by atoms with van der Waals surface area (Å²) >= 11 is 0. The van der Waals surface area contributed by atoms with Gasteiger partial charge in [0, 0.05) is 13.2 Å². The lowest BCUT2D eigenvalue weighted by atomic mass is 10.2. The standard InChI is InChI=1S/C22H26FN3O4/c1-16(2)29-12-4-11-24-21(27)22(28)26-25-14-18-5-3-6-20(13-18)30-15-17-7-9-19(23)10-8-17/h3,5-10,13-14,16H,4,11-12,15H2,1-2H3,(H,24,27)(H,26,28)/b25-14-. The first-order valence-corrected chi connectivity index (χ1v) is 9.64. The number of benzene rings is 2. The monoisotopic (exact) mass is 415 g/mol.